The van der Waals surface area contributed by atoms with Crippen molar-refractivity contribution in [2.45, 2.75) is 25.3 Å². The Morgan fingerprint density at radius 2 is 1.71 bits per heavy atom. The number of hydrogen-bond donors (Lipinski definition) is 1. The maximum absolute atomic E-state index is 13.6. The van der Waals surface area contributed by atoms with Crippen LogP contribution in [0.4, 0.5) is 4.39 Å². The molecule has 3 nitrogen and oxygen atoms in total. The first-order valence-corrected chi connectivity index (χ1v) is 8.58. The molecule has 0 fully saturated rings. The van der Waals surface area contributed by atoms with Crippen molar-refractivity contribution < 1.29 is 12.8 Å². The van der Waals surface area contributed by atoms with Gasteiger partial charge in [-0.2, -0.15) is 0 Å². The standard InChI is InChI=1S/C15H15BrFNO2S/c1-10-7-12(8-11(2)15(10)17)9-18-21(19,20)14-6-4-3-5-13(14)16/h3-8,18H,9H2,1-2H3. The van der Waals surface area contributed by atoms with E-state index in [1.54, 1.807) is 44.2 Å². The highest BCUT2D eigenvalue weighted by molar-refractivity contribution is 9.10. The van der Waals surface area contributed by atoms with Crippen LogP contribution >= 0.6 is 15.9 Å². The SMILES string of the molecule is Cc1cc(CNS(=O)(=O)c2ccccc2Br)cc(C)c1F. The Balaban J connectivity index is 2.22. The molecule has 0 saturated carbocycles. The highest BCUT2D eigenvalue weighted by Crippen LogP contribution is 2.21. The molecule has 112 valence electrons. The Morgan fingerprint density at radius 3 is 2.29 bits per heavy atom. The summed E-state index contributed by atoms with van der Waals surface area (Å²) in [6.45, 7) is 3.44. The summed E-state index contributed by atoms with van der Waals surface area (Å²) in [4.78, 5) is 0.181. The lowest BCUT2D eigenvalue weighted by molar-refractivity contribution is 0.580. The first-order chi connectivity index (χ1) is 9.81. The fourth-order valence-electron chi connectivity index (χ4n) is 2.06. The molecule has 0 amide bonds. The topological polar surface area (TPSA) is 46.2 Å². The van der Waals surface area contributed by atoms with Crippen LogP contribution in [0.5, 0.6) is 0 Å². The van der Waals surface area contributed by atoms with E-state index in [0.717, 1.165) is 5.56 Å². The summed E-state index contributed by atoms with van der Waals surface area (Å²) in [6, 6.07) is 9.88. The van der Waals surface area contributed by atoms with Gasteiger partial charge in [0.2, 0.25) is 10.0 Å². The van der Waals surface area contributed by atoms with E-state index in [0.29, 0.717) is 15.6 Å². The molecular formula is C15H15BrFNO2S. The number of nitrogens with one attached hydrogen (secondary N) is 1. The lowest BCUT2D eigenvalue weighted by Gasteiger charge is -2.10. The molecule has 0 aliphatic carbocycles. The van der Waals surface area contributed by atoms with Crippen LogP contribution in [0.15, 0.2) is 45.8 Å². The van der Waals surface area contributed by atoms with Crippen LogP contribution in [0, 0.1) is 19.7 Å². The monoisotopic (exact) mass is 371 g/mol. The maximum Gasteiger partial charge on any atom is 0.241 e. The van der Waals surface area contributed by atoms with E-state index in [1.165, 1.54) is 6.07 Å². The first kappa shape index (κ1) is 16.1. The molecule has 2 aromatic rings. The molecule has 0 heterocycles. The second-order valence-electron chi connectivity index (χ2n) is 4.80. The largest absolute Gasteiger partial charge is 0.241 e. The van der Waals surface area contributed by atoms with Gasteiger partial charge >= 0.3 is 0 Å². The fraction of sp³-hybridized carbons (Fsp3) is 0.200. The third-order valence-electron chi connectivity index (χ3n) is 3.09. The zero-order valence-corrected chi connectivity index (χ0v) is 14.1. The second-order valence-corrected chi connectivity index (χ2v) is 7.39. The van der Waals surface area contributed by atoms with E-state index in [9.17, 15) is 12.8 Å². The number of aryl methyl sites for hydroxylation is 2. The second kappa shape index (κ2) is 6.25. The summed E-state index contributed by atoms with van der Waals surface area (Å²) in [7, 11) is -3.62. The highest BCUT2D eigenvalue weighted by Gasteiger charge is 2.17. The molecule has 21 heavy (non-hydrogen) atoms. The maximum atomic E-state index is 13.6. The molecule has 2 aromatic carbocycles. The Bertz CT molecular complexity index is 752. The number of rotatable bonds is 4. The lowest BCUT2D eigenvalue weighted by atomic mass is 10.1. The van der Waals surface area contributed by atoms with E-state index in [2.05, 4.69) is 20.7 Å². The Kier molecular flexibility index (Phi) is 4.81. The van der Waals surface area contributed by atoms with Crippen LogP contribution in [0.25, 0.3) is 0 Å². The highest BCUT2D eigenvalue weighted by atomic mass is 79.9. The molecule has 0 aliphatic rings. The molecule has 0 aliphatic heterocycles. The van der Waals surface area contributed by atoms with Crippen LogP contribution in [0.3, 0.4) is 0 Å². The van der Waals surface area contributed by atoms with Gasteiger partial charge in [0.05, 0.1) is 4.90 Å². The minimum Gasteiger partial charge on any atom is -0.207 e. The molecule has 0 spiro atoms. The van der Waals surface area contributed by atoms with Gasteiger partial charge in [0.15, 0.2) is 0 Å². The van der Waals surface area contributed by atoms with Gasteiger partial charge in [-0.3, -0.25) is 0 Å². The fourth-order valence-corrected chi connectivity index (χ4v) is 4.08. The average Bonchev–Trinajstić information content (AvgIpc) is 2.43. The van der Waals surface area contributed by atoms with Gasteiger partial charge in [0.25, 0.3) is 0 Å². The van der Waals surface area contributed by atoms with E-state index in [-0.39, 0.29) is 17.3 Å². The van der Waals surface area contributed by atoms with Crippen molar-refractivity contribution >= 4 is 26.0 Å². The Hall–Kier alpha value is -1.24. The molecule has 6 heteroatoms. The van der Waals surface area contributed by atoms with Crippen molar-refractivity contribution in [2.24, 2.45) is 0 Å². The lowest BCUT2D eigenvalue weighted by Crippen LogP contribution is -2.23. The summed E-state index contributed by atoms with van der Waals surface area (Å²) in [5.41, 5.74) is 1.73. The summed E-state index contributed by atoms with van der Waals surface area (Å²) in [5, 5.41) is 0. The minimum absolute atomic E-state index is 0.117. The number of hydrogen-bond acceptors (Lipinski definition) is 2. The molecule has 0 unspecified atom stereocenters. The predicted octanol–water partition coefficient (Wildman–Crippen LogP) is 3.68. The van der Waals surface area contributed by atoms with Gasteiger partial charge in [-0.1, -0.05) is 24.3 Å². The normalized spacial score (nSPS) is 11.6. The van der Waals surface area contributed by atoms with Crippen molar-refractivity contribution in [3.8, 4) is 0 Å². The molecule has 0 radical (unpaired) electrons. The predicted molar refractivity (Wildman–Crippen MR) is 84.0 cm³/mol. The molecule has 0 aromatic heterocycles. The number of halogens is 2. The quantitative estimate of drug-likeness (QED) is 0.890. The first-order valence-electron chi connectivity index (χ1n) is 6.31. The molecule has 0 atom stereocenters. The average molecular weight is 372 g/mol. The Labute approximate surface area is 132 Å². The zero-order chi connectivity index (χ0) is 15.6. The van der Waals surface area contributed by atoms with Crippen LogP contribution in [0.2, 0.25) is 0 Å². The van der Waals surface area contributed by atoms with Crippen molar-refractivity contribution in [1.82, 2.24) is 4.72 Å². The summed E-state index contributed by atoms with van der Waals surface area (Å²) in [6.07, 6.45) is 0. The molecule has 1 N–H and O–H groups in total. The van der Waals surface area contributed by atoms with E-state index in [1.807, 2.05) is 0 Å². The molecule has 2 rings (SSSR count). The molecule has 0 bridgehead atoms. The van der Waals surface area contributed by atoms with E-state index in [4.69, 9.17) is 0 Å². The number of benzene rings is 2. The third kappa shape index (κ3) is 3.70. The van der Waals surface area contributed by atoms with Crippen LogP contribution in [-0.4, -0.2) is 8.42 Å². The van der Waals surface area contributed by atoms with Gasteiger partial charge < -0.3 is 0 Å². The smallest absolute Gasteiger partial charge is 0.207 e. The summed E-state index contributed by atoms with van der Waals surface area (Å²) in [5.74, 6) is -0.257. The molecular weight excluding hydrogens is 357 g/mol. The van der Waals surface area contributed by atoms with E-state index < -0.39 is 10.0 Å². The van der Waals surface area contributed by atoms with Crippen molar-refractivity contribution in [2.75, 3.05) is 0 Å². The van der Waals surface area contributed by atoms with Gasteiger partial charge in [-0.15, -0.1) is 0 Å². The van der Waals surface area contributed by atoms with Crippen molar-refractivity contribution in [3.05, 3.63) is 63.4 Å². The van der Waals surface area contributed by atoms with Crippen molar-refractivity contribution in [1.29, 1.82) is 0 Å². The zero-order valence-electron chi connectivity index (χ0n) is 11.7. The molecule has 0 saturated heterocycles. The third-order valence-corrected chi connectivity index (χ3v) is 5.50. The van der Waals surface area contributed by atoms with Crippen LogP contribution < -0.4 is 4.72 Å². The van der Waals surface area contributed by atoms with Crippen LogP contribution in [0.1, 0.15) is 16.7 Å². The van der Waals surface area contributed by atoms with E-state index >= 15 is 0 Å². The van der Waals surface area contributed by atoms with Gasteiger partial charge in [-0.05, 0) is 58.6 Å². The summed E-state index contributed by atoms with van der Waals surface area (Å²) < 4.78 is 41.1. The van der Waals surface area contributed by atoms with Gasteiger partial charge in [0, 0.05) is 11.0 Å². The van der Waals surface area contributed by atoms with Gasteiger partial charge in [0.1, 0.15) is 5.82 Å². The van der Waals surface area contributed by atoms with Gasteiger partial charge in [-0.25, -0.2) is 17.5 Å². The number of sulfonamides is 1. The minimum atomic E-state index is -3.62. The van der Waals surface area contributed by atoms with Crippen molar-refractivity contribution in [3.63, 3.8) is 0 Å². The summed E-state index contributed by atoms with van der Waals surface area (Å²) >= 11 is 3.22. The van der Waals surface area contributed by atoms with Crippen LogP contribution in [-0.2, 0) is 16.6 Å². The Morgan fingerprint density at radius 1 is 1.14 bits per heavy atom.